The molecule has 5 nitrogen and oxygen atoms in total. The molecular weight excluding hydrogens is 323 g/mol. The quantitative estimate of drug-likeness (QED) is 0.778. The lowest BCUT2D eigenvalue weighted by atomic mass is 10.0. The summed E-state index contributed by atoms with van der Waals surface area (Å²) in [5.41, 5.74) is 2.65. The first-order valence-electron chi connectivity index (χ1n) is 8.13. The number of amides is 1. The maximum atomic E-state index is 13.6. The summed E-state index contributed by atoms with van der Waals surface area (Å²) in [6.07, 6.45) is -0.283. The van der Waals surface area contributed by atoms with Crippen LogP contribution in [0.3, 0.4) is 0 Å². The molecule has 0 saturated carbocycles. The number of halogens is 1. The Morgan fingerprint density at radius 3 is 2.96 bits per heavy atom. The third kappa shape index (κ3) is 2.89. The monoisotopic (exact) mass is 340 g/mol. The summed E-state index contributed by atoms with van der Waals surface area (Å²) in [5, 5.41) is 10.0. The molecule has 0 unspecified atom stereocenters. The van der Waals surface area contributed by atoms with Gasteiger partial charge in [0.05, 0.1) is 12.1 Å². The predicted molar refractivity (Wildman–Crippen MR) is 89.5 cm³/mol. The summed E-state index contributed by atoms with van der Waals surface area (Å²) in [6, 6.07) is 10.9. The maximum absolute atomic E-state index is 13.6. The number of carbonyl (C=O) groups excluding carboxylic acids is 1. The first-order valence-corrected chi connectivity index (χ1v) is 8.13. The van der Waals surface area contributed by atoms with E-state index in [1.165, 1.54) is 17.0 Å². The van der Waals surface area contributed by atoms with Gasteiger partial charge in [-0.2, -0.15) is 0 Å². The standard InChI is InChI=1S/C19H17FN2O3/c1-11-5-6-17-15(21-11)9-18(25-17)19(24)22-10-14(23)8-16(22)12-3-2-4-13(20)7-12/h2-7,9,14,16,23H,8,10H2,1H3/t14-,16-/m0/s1. The third-order valence-electron chi connectivity index (χ3n) is 4.50. The van der Waals surface area contributed by atoms with Gasteiger partial charge in [0.25, 0.3) is 5.91 Å². The Hall–Kier alpha value is -2.73. The number of furan rings is 1. The van der Waals surface area contributed by atoms with Gasteiger partial charge in [0.15, 0.2) is 11.3 Å². The zero-order valence-electron chi connectivity index (χ0n) is 13.6. The van der Waals surface area contributed by atoms with Crippen molar-refractivity contribution in [1.82, 2.24) is 9.88 Å². The van der Waals surface area contributed by atoms with Crippen molar-refractivity contribution in [3.8, 4) is 0 Å². The fourth-order valence-corrected chi connectivity index (χ4v) is 3.34. The van der Waals surface area contributed by atoms with Crippen molar-refractivity contribution >= 4 is 17.0 Å². The minimum Gasteiger partial charge on any atom is -0.449 e. The highest BCUT2D eigenvalue weighted by Gasteiger charge is 2.37. The van der Waals surface area contributed by atoms with Crippen LogP contribution in [0.15, 0.2) is 46.9 Å². The number of aliphatic hydroxyl groups excluding tert-OH is 1. The molecule has 1 saturated heterocycles. The van der Waals surface area contributed by atoms with Gasteiger partial charge >= 0.3 is 0 Å². The number of benzene rings is 1. The van der Waals surface area contributed by atoms with Gasteiger partial charge in [0.2, 0.25) is 0 Å². The number of rotatable bonds is 2. The highest BCUT2D eigenvalue weighted by atomic mass is 19.1. The number of likely N-dealkylation sites (tertiary alicyclic amines) is 1. The molecule has 1 aliphatic heterocycles. The van der Waals surface area contributed by atoms with E-state index >= 15 is 0 Å². The number of fused-ring (bicyclic) bond motifs is 1. The molecule has 2 atom stereocenters. The lowest BCUT2D eigenvalue weighted by molar-refractivity contribution is 0.0686. The zero-order valence-corrected chi connectivity index (χ0v) is 13.6. The molecule has 0 aliphatic carbocycles. The molecule has 1 aromatic carbocycles. The largest absolute Gasteiger partial charge is 0.449 e. The molecule has 0 bridgehead atoms. The number of hydrogen-bond donors (Lipinski definition) is 1. The van der Waals surface area contributed by atoms with Gasteiger partial charge in [-0.1, -0.05) is 12.1 Å². The Morgan fingerprint density at radius 2 is 2.16 bits per heavy atom. The molecule has 0 spiro atoms. The maximum Gasteiger partial charge on any atom is 0.290 e. The molecule has 1 aliphatic rings. The molecule has 2 aromatic heterocycles. The average Bonchev–Trinajstić information content (AvgIpc) is 3.17. The van der Waals surface area contributed by atoms with Crippen LogP contribution in [0.5, 0.6) is 0 Å². The van der Waals surface area contributed by atoms with E-state index in [9.17, 15) is 14.3 Å². The van der Waals surface area contributed by atoms with Crippen LogP contribution in [-0.2, 0) is 0 Å². The Kier molecular flexibility index (Phi) is 3.77. The fraction of sp³-hybridized carbons (Fsp3) is 0.263. The number of aromatic nitrogens is 1. The number of hydrogen-bond acceptors (Lipinski definition) is 4. The van der Waals surface area contributed by atoms with E-state index in [1.54, 1.807) is 24.3 Å². The van der Waals surface area contributed by atoms with Gasteiger partial charge in [-0.3, -0.25) is 4.79 Å². The van der Waals surface area contributed by atoms with Crippen molar-refractivity contribution in [2.45, 2.75) is 25.5 Å². The van der Waals surface area contributed by atoms with Gasteiger partial charge < -0.3 is 14.4 Å². The smallest absolute Gasteiger partial charge is 0.290 e. The SMILES string of the molecule is Cc1ccc2oc(C(=O)N3C[C@@H](O)C[C@H]3c3cccc(F)c3)cc2n1. The van der Waals surface area contributed by atoms with E-state index in [1.807, 2.05) is 13.0 Å². The highest BCUT2D eigenvalue weighted by Crippen LogP contribution is 2.34. The number of aliphatic hydroxyl groups is 1. The summed E-state index contributed by atoms with van der Waals surface area (Å²) in [5.74, 6) is -0.528. The second-order valence-electron chi connectivity index (χ2n) is 6.36. The van der Waals surface area contributed by atoms with Gasteiger partial charge in [-0.15, -0.1) is 0 Å². The Morgan fingerprint density at radius 1 is 1.32 bits per heavy atom. The van der Waals surface area contributed by atoms with Gasteiger partial charge in [-0.05, 0) is 43.2 Å². The lowest BCUT2D eigenvalue weighted by Crippen LogP contribution is -2.31. The summed E-state index contributed by atoms with van der Waals surface area (Å²) in [4.78, 5) is 18.8. The van der Waals surface area contributed by atoms with Crippen LogP contribution in [0.4, 0.5) is 4.39 Å². The molecule has 25 heavy (non-hydrogen) atoms. The van der Waals surface area contributed by atoms with Gasteiger partial charge in [0.1, 0.15) is 11.3 Å². The van der Waals surface area contributed by atoms with E-state index in [0.717, 1.165) is 5.69 Å². The minimum atomic E-state index is -0.651. The van der Waals surface area contributed by atoms with Crippen LogP contribution in [0, 0.1) is 12.7 Å². The predicted octanol–water partition coefficient (Wildman–Crippen LogP) is 3.22. The molecule has 4 rings (SSSR count). The molecule has 6 heteroatoms. The molecule has 3 aromatic rings. The second kappa shape index (κ2) is 5.97. The highest BCUT2D eigenvalue weighted by molar-refractivity contribution is 5.95. The average molecular weight is 340 g/mol. The number of aryl methyl sites for hydroxylation is 1. The summed E-state index contributed by atoms with van der Waals surface area (Å²) < 4.78 is 19.2. The first kappa shape index (κ1) is 15.8. The second-order valence-corrected chi connectivity index (χ2v) is 6.36. The molecule has 1 amide bonds. The van der Waals surface area contributed by atoms with Crippen molar-refractivity contribution in [1.29, 1.82) is 0 Å². The molecule has 0 radical (unpaired) electrons. The van der Waals surface area contributed by atoms with E-state index in [0.29, 0.717) is 23.1 Å². The van der Waals surface area contributed by atoms with Crippen molar-refractivity contribution in [2.24, 2.45) is 0 Å². The van der Waals surface area contributed by atoms with Gasteiger partial charge in [-0.25, -0.2) is 9.37 Å². The van der Waals surface area contributed by atoms with Crippen molar-refractivity contribution in [3.05, 3.63) is 65.3 Å². The first-order chi connectivity index (χ1) is 12.0. The van der Waals surface area contributed by atoms with Crippen LogP contribution in [0.2, 0.25) is 0 Å². The molecule has 3 heterocycles. The van der Waals surface area contributed by atoms with Gasteiger partial charge in [0, 0.05) is 18.3 Å². The molecule has 1 N–H and O–H groups in total. The lowest BCUT2D eigenvalue weighted by Gasteiger charge is -2.23. The number of β-amino-alcohol motifs (C(OH)–C–C–N with tert-alkyl or cyclic N) is 1. The van der Waals surface area contributed by atoms with Crippen LogP contribution < -0.4 is 0 Å². The topological polar surface area (TPSA) is 66.6 Å². The van der Waals surface area contributed by atoms with Crippen molar-refractivity contribution in [2.75, 3.05) is 6.54 Å². The Labute approximate surface area is 143 Å². The third-order valence-corrected chi connectivity index (χ3v) is 4.50. The molecular formula is C19H17FN2O3. The van der Waals surface area contributed by atoms with Crippen LogP contribution >= 0.6 is 0 Å². The normalized spacial score (nSPS) is 20.4. The van der Waals surface area contributed by atoms with E-state index < -0.39 is 6.10 Å². The summed E-state index contributed by atoms with van der Waals surface area (Å²) in [6.45, 7) is 2.05. The van der Waals surface area contributed by atoms with E-state index in [2.05, 4.69) is 4.98 Å². The minimum absolute atomic E-state index is 0.170. The number of pyridine rings is 1. The van der Waals surface area contributed by atoms with Crippen molar-refractivity contribution < 1.29 is 18.7 Å². The molecule has 1 fully saturated rings. The Bertz CT molecular complexity index is 953. The zero-order chi connectivity index (χ0) is 17.6. The molecule has 128 valence electrons. The number of nitrogens with zero attached hydrogens (tertiary/aromatic N) is 2. The van der Waals surface area contributed by atoms with Crippen LogP contribution in [0.25, 0.3) is 11.1 Å². The van der Waals surface area contributed by atoms with Crippen LogP contribution in [-0.4, -0.2) is 33.5 Å². The Balaban J connectivity index is 1.69. The fourth-order valence-electron chi connectivity index (χ4n) is 3.34. The number of carbonyl (C=O) groups is 1. The van der Waals surface area contributed by atoms with Crippen LogP contribution in [0.1, 0.15) is 34.3 Å². The van der Waals surface area contributed by atoms with E-state index in [-0.39, 0.29) is 30.1 Å². The summed E-state index contributed by atoms with van der Waals surface area (Å²) in [7, 11) is 0. The van der Waals surface area contributed by atoms with E-state index in [4.69, 9.17) is 4.42 Å². The summed E-state index contributed by atoms with van der Waals surface area (Å²) >= 11 is 0. The van der Waals surface area contributed by atoms with Crippen molar-refractivity contribution in [3.63, 3.8) is 0 Å².